The van der Waals surface area contributed by atoms with E-state index in [1.165, 1.54) is 31.2 Å². The summed E-state index contributed by atoms with van der Waals surface area (Å²) in [6, 6.07) is 8.48. The van der Waals surface area contributed by atoms with Crippen LogP contribution in [0.15, 0.2) is 29.3 Å². The molecule has 1 aliphatic heterocycles. The summed E-state index contributed by atoms with van der Waals surface area (Å²) in [5, 5.41) is 6.82. The van der Waals surface area contributed by atoms with Crippen LogP contribution in [-0.4, -0.2) is 56.6 Å². The molecule has 6 heteroatoms. The highest BCUT2D eigenvalue weighted by Gasteiger charge is 2.35. The first kappa shape index (κ1) is 21.5. The molecule has 0 bridgehead atoms. The average molecular weight is 401 g/mol. The number of benzene rings is 1. The predicted molar refractivity (Wildman–Crippen MR) is 118 cm³/mol. The van der Waals surface area contributed by atoms with E-state index in [9.17, 15) is 4.79 Å². The van der Waals surface area contributed by atoms with E-state index in [1.54, 1.807) is 7.11 Å². The molecular weight excluding hydrogens is 364 g/mol. The summed E-state index contributed by atoms with van der Waals surface area (Å²) in [5.74, 6) is 2.08. The van der Waals surface area contributed by atoms with Gasteiger partial charge in [-0.15, -0.1) is 0 Å². The minimum absolute atomic E-state index is 0.0961. The molecule has 0 unspecified atom stereocenters. The van der Waals surface area contributed by atoms with Crippen LogP contribution in [0, 0.1) is 0 Å². The topological polar surface area (TPSA) is 66.0 Å². The molecule has 6 nitrogen and oxygen atoms in total. The van der Waals surface area contributed by atoms with Gasteiger partial charge in [-0.3, -0.25) is 9.79 Å². The van der Waals surface area contributed by atoms with Gasteiger partial charge in [0, 0.05) is 38.0 Å². The number of carbonyl (C=O) groups excluding carboxylic acids is 1. The van der Waals surface area contributed by atoms with Gasteiger partial charge in [-0.25, -0.2) is 0 Å². The normalized spacial score (nSPS) is 18.9. The van der Waals surface area contributed by atoms with Crippen molar-refractivity contribution in [1.82, 2.24) is 15.5 Å². The first-order chi connectivity index (χ1) is 14.2. The van der Waals surface area contributed by atoms with Gasteiger partial charge in [0.05, 0.1) is 13.7 Å². The molecule has 160 valence electrons. The van der Waals surface area contributed by atoms with Crippen LogP contribution in [0.2, 0.25) is 0 Å². The highest BCUT2D eigenvalue weighted by Crippen LogP contribution is 2.42. The molecule has 1 aliphatic carbocycles. The Kier molecular flexibility index (Phi) is 7.78. The quantitative estimate of drug-likeness (QED) is 0.380. The van der Waals surface area contributed by atoms with Gasteiger partial charge in [0.2, 0.25) is 5.91 Å². The summed E-state index contributed by atoms with van der Waals surface area (Å²) >= 11 is 0. The number of guanidine groups is 1. The average Bonchev–Trinajstić information content (AvgIpc) is 3.39. The van der Waals surface area contributed by atoms with Crippen molar-refractivity contribution in [3.8, 4) is 5.75 Å². The van der Waals surface area contributed by atoms with E-state index in [0.717, 1.165) is 57.3 Å². The second-order valence-corrected chi connectivity index (χ2v) is 8.18. The zero-order valence-corrected chi connectivity index (χ0v) is 18.0. The van der Waals surface area contributed by atoms with Crippen molar-refractivity contribution in [2.75, 3.05) is 39.8 Å². The summed E-state index contributed by atoms with van der Waals surface area (Å²) in [7, 11) is 1.72. The van der Waals surface area contributed by atoms with Gasteiger partial charge < -0.3 is 20.3 Å². The fourth-order valence-electron chi connectivity index (χ4n) is 4.53. The van der Waals surface area contributed by atoms with Gasteiger partial charge in [-0.2, -0.15) is 0 Å². The van der Waals surface area contributed by atoms with Crippen LogP contribution < -0.4 is 15.4 Å². The monoisotopic (exact) mass is 400 g/mol. The molecule has 2 fully saturated rings. The van der Waals surface area contributed by atoms with E-state index in [2.05, 4.69) is 35.8 Å². The summed E-state index contributed by atoms with van der Waals surface area (Å²) < 4.78 is 5.45. The van der Waals surface area contributed by atoms with Crippen LogP contribution in [0.3, 0.4) is 0 Å². The highest BCUT2D eigenvalue weighted by atomic mass is 16.5. The Morgan fingerprint density at radius 2 is 2.07 bits per heavy atom. The second-order valence-electron chi connectivity index (χ2n) is 8.18. The third kappa shape index (κ3) is 5.64. The third-order valence-electron chi connectivity index (χ3n) is 6.20. The Bertz CT molecular complexity index is 698. The first-order valence-corrected chi connectivity index (χ1v) is 11.1. The number of aliphatic imine (C=N–C) groups is 1. The van der Waals surface area contributed by atoms with Gasteiger partial charge in [0.1, 0.15) is 5.75 Å². The molecule has 0 radical (unpaired) electrons. The lowest BCUT2D eigenvalue weighted by atomic mass is 9.79. The summed E-state index contributed by atoms with van der Waals surface area (Å²) in [6.07, 6.45) is 7.49. The smallest absolute Gasteiger partial charge is 0.222 e. The minimum Gasteiger partial charge on any atom is -0.497 e. The molecule has 3 rings (SSSR count). The Hall–Kier alpha value is -2.24. The van der Waals surface area contributed by atoms with E-state index in [1.807, 2.05) is 11.0 Å². The van der Waals surface area contributed by atoms with Gasteiger partial charge in [-0.1, -0.05) is 25.0 Å². The Morgan fingerprint density at radius 1 is 1.24 bits per heavy atom. The molecule has 1 heterocycles. The van der Waals surface area contributed by atoms with E-state index in [4.69, 9.17) is 9.73 Å². The number of nitrogens with one attached hydrogen (secondary N) is 2. The van der Waals surface area contributed by atoms with Crippen molar-refractivity contribution >= 4 is 11.9 Å². The fraction of sp³-hybridized carbons (Fsp3) is 0.652. The summed E-state index contributed by atoms with van der Waals surface area (Å²) in [6.45, 7) is 6.27. The van der Waals surface area contributed by atoms with Crippen LogP contribution in [0.1, 0.15) is 57.4 Å². The number of likely N-dealkylation sites (tertiary alicyclic amines) is 1. The molecule has 0 atom stereocenters. The zero-order chi connectivity index (χ0) is 20.5. The molecule has 1 aromatic rings. The van der Waals surface area contributed by atoms with Crippen LogP contribution in [0.25, 0.3) is 0 Å². The van der Waals surface area contributed by atoms with Crippen molar-refractivity contribution in [1.29, 1.82) is 0 Å². The molecule has 0 spiro atoms. The Morgan fingerprint density at radius 3 is 2.76 bits per heavy atom. The first-order valence-electron chi connectivity index (χ1n) is 11.1. The molecule has 1 aromatic carbocycles. The predicted octanol–water partition coefficient (Wildman–Crippen LogP) is 3.07. The summed E-state index contributed by atoms with van der Waals surface area (Å²) in [5.41, 5.74) is 1.43. The van der Waals surface area contributed by atoms with Gasteiger partial charge in [0.15, 0.2) is 5.96 Å². The van der Waals surface area contributed by atoms with Crippen LogP contribution >= 0.6 is 0 Å². The van der Waals surface area contributed by atoms with E-state index in [-0.39, 0.29) is 5.41 Å². The number of ether oxygens (including phenoxy) is 1. The Balaban J connectivity index is 1.59. The lowest BCUT2D eigenvalue weighted by Crippen LogP contribution is -2.40. The van der Waals surface area contributed by atoms with Gasteiger partial charge >= 0.3 is 0 Å². The van der Waals surface area contributed by atoms with Crippen LogP contribution in [0.4, 0.5) is 0 Å². The number of amides is 1. The maximum atomic E-state index is 11.7. The minimum atomic E-state index is 0.0961. The number of nitrogens with zero attached hydrogens (tertiary/aromatic N) is 2. The van der Waals surface area contributed by atoms with Crippen molar-refractivity contribution in [2.45, 2.75) is 57.3 Å². The van der Waals surface area contributed by atoms with E-state index < -0.39 is 0 Å². The number of carbonyl (C=O) groups is 1. The van der Waals surface area contributed by atoms with Crippen molar-refractivity contribution in [3.63, 3.8) is 0 Å². The summed E-state index contributed by atoms with van der Waals surface area (Å²) in [4.78, 5) is 18.7. The van der Waals surface area contributed by atoms with Gasteiger partial charge in [0.25, 0.3) is 0 Å². The number of rotatable bonds is 9. The number of hydrogen-bond donors (Lipinski definition) is 2. The number of methoxy groups -OCH3 is 1. The SMILES string of the molecule is CCNC(=NCC1(c2cccc(OC)c2)CCCC1)NCCCN1CCCC1=O. The van der Waals surface area contributed by atoms with E-state index in [0.29, 0.717) is 12.3 Å². The van der Waals surface area contributed by atoms with Gasteiger partial charge in [-0.05, 0) is 50.3 Å². The maximum absolute atomic E-state index is 11.7. The second kappa shape index (κ2) is 10.5. The Labute approximate surface area is 175 Å². The molecule has 1 saturated carbocycles. The van der Waals surface area contributed by atoms with Crippen LogP contribution in [-0.2, 0) is 10.2 Å². The van der Waals surface area contributed by atoms with Crippen LogP contribution in [0.5, 0.6) is 5.75 Å². The largest absolute Gasteiger partial charge is 0.497 e. The molecule has 2 aliphatic rings. The lowest BCUT2D eigenvalue weighted by molar-refractivity contribution is -0.127. The molecule has 0 aromatic heterocycles. The van der Waals surface area contributed by atoms with Crippen molar-refractivity contribution in [3.05, 3.63) is 29.8 Å². The molecule has 2 N–H and O–H groups in total. The number of hydrogen-bond acceptors (Lipinski definition) is 3. The van der Waals surface area contributed by atoms with Crippen molar-refractivity contribution in [2.24, 2.45) is 4.99 Å². The molecule has 1 amide bonds. The van der Waals surface area contributed by atoms with Crippen molar-refractivity contribution < 1.29 is 9.53 Å². The maximum Gasteiger partial charge on any atom is 0.222 e. The molecule has 29 heavy (non-hydrogen) atoms. The third-order valence-corrected chi connectivity index (χ3v) is 6.20. The lowest BCUT2D eigenvalue weighted by Gasteiger charge is -2.28. The standard InChI is InChI=1S/C23H36N4O2/c1-3-24-22(25-14-8-16-27-15-7-11-21(27)28)26-18-23(12-4-5-13-23)19-9-6-10-20(17-19)29-2/h6,9-10,17H,3-5,7-8,11-16,18H2,1-2H3,(H2,24,25,26). The highest BCUT2D eigenvalue weighted by molar-refractivity contribution is 5.80. The van der Waals surface area contributed by atoms with E-state index >= 15 is 0 Å². The molecular formula is C23H36N4O2. The zero-order valence-electron chi connectivity index (χ0n) is 18.0. The molecule has 1 saturated heterocycles. The fourth-order valence-corrected chi connectivity index (χ4v) is 4.53.